The molecule has 4 heterocycles. The average Bonchev–Trinajstić information content (AvgIpc) is 3.40. The zero-order valence-corrected chi connectivity index (χ0v) is 19.7. The van der Waals surface area contributed by atoms with Gasteiger partial charge >= 0.3 is 0 Å². The summed E-state index contributed by atoms with van der Waals surface area (Å²) in [7, 11) is 1.62. The van der Waals surface area contributed by atoms with E-state index in [4.69, 9.17) is 15.2 Å². The van der Waals surface area contributed by atoms with E-state index in [-0.39, 0.29) is 17.3 Å². The van der Waals surface area contributed by atoms with Crippen LogP contribution in [-0.2, 0) is 4.74 Å². The molecule has 0 amide bonds. The van der Waals surface area contributed by atoms with Gasteiger partial charge in [-0.15, -0.1) is 10.2 Å². The second-order valence-corrected chi connectivity index (χ2v) is 9.28. The van der Waals surface area contributed by atoms with E-state index < -0.39 is 5.82 Å². The van der Waals surface area contributed by atoms with Gasteiger partial charge in [0, 0.05) is 49.4 Å². The first-order chi connectivity index (χ1) is 16.3. The van der Waals surface area contributed by atoms with Crippen molar-refractivity contribution in [2.75, 3.05) is 33.4 Å². The molecule has 9 heteroatoms. The largest absolute Gasteiger partial charge is 0.491 e. The molecule has 4 aromatic rings. The van der Waals surface area contributed by atoms with Gasteiger partial charge in [0.1, 0.15) is 18.1 Å². The lowest BCUT2D eigenvalue weighted by atomic mass is 10.0. The monoisotopic (exact) mass is 464 g/mol. The number of rotatable bonds is 7. The molecule has 178 valence electrons. The van der Waals surface area contributed by atoms with Crippen molar-refractivity contribution in [1.82, 2.24) is 24.5 Å². The quantitative estimate of drug-likeness (QED) is 0.418. The third kappa shape index (κ3) is 4.34. The molecule has 5 rings (SSSR count). The van der Waals surface area contributed by atoms with Gasteiger partial charge in [0.25, 0.3) is 0 Å². The van der Waals surface area contributed by atoms with E-state index in [0.717, 1.165) is 25.1 Å². The minimum atomic E-state index is -0.452. The Morgan fingerprint density at radius 3 is 2.79 bits per heavy atom. The van der Waals surface area contributed by atoms with Crippen molar-refractivity contribution in [1.29, 1.82) is 0 Å². The maximum absolute atomic E-state index is 15.1. The Labute approximate surface area is 197 Å². The Kier molecular flexibility index (Phi) is 5.93. The van der Waals surface area contributed by atoms with Crippen molar-refractivity contribution in [3.63, 3.8) is 0 Å². The van der Waals surface area contributed by atoms with Crippen molar-refractivity contribution in [2.45, 2.75) is 31.8 Å². The fraction of sp³-hybridized carbons (Fsp3) is 0.400. The minimum absolute atomic E-state index is 0.148. The fourth-order valence-corrected chi connectivity index (χ4v) is 4.49. The Bertz CT molecular complexity index is 1340. The highest BCUT2D eigenvalue weighted by Crippen LogP contribution is 2.30. The van der Waals surface area contributed by atoms with Gasteiger partial charge in [0.05, 0.1) is 12.1 Å². The third-order valence-electron chi connectivity index (χ3n) is 6.50. The van der Waals surface area contributed by atoms with Crippen LogP contribution in [0.2, 0.25) is 0 Å². The fourth-order valence-electron chi connectivity index (χ4n) is 4.49. The number of methoxy groups -OCH3 is 1. The molecule has 34 heavy (non-hydrogen) atoms. The molecule has 2 atom stereocenters. The van der Waals surface area contributed by atoms with Crippen LogP contribution in [0.3, 0.4) is 0 Å². The molecule has 0 spiro atoms. The molecule has 1 aromatic carbocycles. The number of pyridine rings is 2. The summed E-state index contributed by atoms with van der Waals surface area (Å²) in [5, 5.41) is 9.19. The number of aromatic nitrogens is 4. The Hall–Kier alpha value is -3.14. The normalized spacial score (nSPS) is 19.8. The summed E-state index contributed by atoms with van der Waals surface area (Å²) in [6.07, 6.45) is 2.93. The predicted molar refractivity (Wildman–Crippen MR) is 128 cm³/mol. The molecular formula is C25H29FN6O2. The SMILES string of the molecule is COCCOc1ccc2cc(F)c(-c3nnc4ccc([C@@H](C)N5CC[C@](C)(N)C5)cn34)nc2c1. The molecule has 2 N–H and O–H groups in total. The van der Waals surface area contributed by atoms with Gasteiger partial charge in [-0.3, -0.25) is 9.30 Å². The lowest BCUT2D eigenvalue weighted by Gasteiger charge is -2.26. The molecule has 8 nitrogen and oxygen atoms in total. The Balaban J connectivity index is 1.51. The summed E-state index contributed by atoms with van der Waals surface area (Å²) in [6, 6.07) is 11.0. The summed E-state index contributed by atoms with van der Waals surface area (Å²) in [6.45, 7) is 6.92. The maximum atomic E-state index is 15.1. The van der Waals surface area contributed by atoms with Crippen molar-refractivity contribution in [3.8, 4) is 17.3 Å². The van der Waals surface area contributed by atoms with Gasteiger partial charge in [-0.25, -0.2) is 9.37 Å². The van der Waals surface area contributed by atoms with Crippen LogP contribution in [0, 0.1) is 5.82 Å². The van der Waals surface area contributed by atoms with Crippen LogP contribution >= 0.6 is 0 Å². The van der Waals surface area contributed by atoms with Crippen LogP contribution in [0.25, 0.3) is 28.1 Å². The van der Waals surface area contributed by atoms with Gasteiger partial charge in [-0.05, 0) is 50.1 Å². The number of hydrogen-bond acceptors (Lipinski definition) is 7. The number of halogens is 1. The van der Waals surface area contributed by atoms with E-state index in [1.54, 1.807) is 29.7 Å². The van der Waals surface area contributed by atoms with E-state index in [2.05, 4.69) is 33.9 Å². The molecule has 0 unspecified atom stereocenters. The lowest BCUT2D eigenvalue weighted by molar-refractivity contribution is 0.146. The maximum Gasteiger partial charge on any atom is 0.190 e. The highest BCUT2D eigenvalue weighted by molar-refractivity contribution is 5.82. The first kappa shape index (κ1) is 22.6. The van der Waals surface area contributed by atoms with Crippen molar-refractivity contribution < 1.29 is 13.9 Å². The summed E-state index contributed by atoms with van der Waals surface area (Å²) in [4.78, 5) is 6.96. The number of ether oxygens (including phenoxy) is 2. The van der Waals surface area contributed by atoms with E-state index in [1.807, 2.05) is 18.3 Å². The summed E-state index contributed by atoms with van der Waals surface area (Å²) >= 11 is 0. The van der Waals surface area contributed by atoms with Crippen LogP contribution in [0.4, 0.5) is 4.39 Å². The van der Waals surface area contributed by atoms with Crippen molar-refractivity contribution >= 4 is 16.6 Å². The van der Waals surface area contributed by atoms with Crippen molar-refractivity contribution in [3.05, 3.63) is 54.0 Å². The van der Waals surface area contributed by atoms with E-state index in [0.29, 0.717) is 41.3 Å². The number of hydrogen-bond donors (Lipinski definition) is 1. The Morgan fingerprint density at radius 1 is 1.18 bits per heavy atom. The second kappa shape index (κ2) is 8.90. The number of benzene rings is 1. The zero-order chi connectivity index (χ0) is 23.9. The molecule has 0 saturated carbocycles. The number of likely N-dealkylation sites (tertiary alicyclic amines) is 1. The number of nitrogens with zero attached hydrogens (tertiary/aromatic N) is 5. The molecule has 3 aromatic heterocycles. The third-order valence-corrected chi connectivity index (χ3v) is 6.50. The first-order valence-corrected chi connectivity index (χ1v) is 11.4. The number of nitrogens with two attached hydrogens (primary N) is 1. The molecule has 1 aliphatic heterocycles. The highest BCUT2D eigenvalue weighted by atomic mass is 19.1. The van der Waals surface area contributed by atoms with Crippen LogP contribution in [-0.4, -0.2) is 63.4 Å². The molecule has 1 aliphatic rings. The van der Waals surface area contributed by atoms with Gasteiger partial charge in [0.2, 0.25) is 0 Å². The molecule has 0 bridgehead atoms. The topological polar surface area (TPSA) is 90.8 Å². The predicted octanol–water partition coefficient (Wildman–Crippen LogP) is 3.59. The van der Waals surface area contributed by atoms with Crippen LogP contribution in [0.1, 0.15) is 31.9 Å². The zero-order valence-electron chi connectivity index (χ0n) is 19.7. The minimum Gasteiger partial charge on any atom is -0.491 e. The smallest absolute Gasteiger partial charge is 0.190 e. The summed E-state index contributed by atoms with van der Waals surface area (Å²) < 4.78 is 27.7. The van der Waals surface area contributed by atoms with Crippen LogP contribution in [0.5, 0.6) is 5.75 Å². The number of fused-ring (bicyclic) bond motifs is 2. The summed E-state index contributed by atoms with van der Waals surface area (Å²) in [5.74, 6) is 0.556. The van der Waals surface area contributed by atoms with Gasteiger partial charge in [0.15, 0.2) is 17.3 Å². The van der Waals surface area contributed by atoms with E-state index in [9.17, 15) is 0 Å². The van der Waals surface area contributed by atoms with Gasteiger partial charge in [-0.2, -0.15) is 0 Å². The standard InChI is InChI=1S/C25H29FN6O2/c1-16(31-9-8-25(2,27)15-31)18-5-7-22-29-30-24(32(22)14-18)23-20(26)12-17-4-6-19(13-21(17)28-23)34-11-10-33-3/h4-7,12-14,16H,8-11,15,27H2,1-3H3/t16-,25+/m1/s1. The van der Waals surface area contributed by atoms with Crippen molar-refractivity contribution in [2.24, 2.45) is 5.73 Å². The molecule has 1 saturated heterocycles. The van der Waals surface area contributed by atoms with Gasteiger partial charge < -0.3 is 15.2 Å². The van der Waals surface area contributed by atoms with E-state index in [1.165, 1.54) is 6.07 Å². The average molecular weight is 465 g/mol. The molecule has 1 fully saturated rings. The Morgan fingerprint density at radius 2 is 2.03 bits per heavy atom. The first-order valence-electron chi connectivity index (χ1n) is 11.4. The highest BCUT2D eigenvalue weighted by Gasteiger charge is 2.33. The summed E-state index contributed by atoms with van der Waals surface area (Å²) in [5.41, 5.74) is 8.64. The molecule has 0 radical (unpaired) electrons. The molecular weight excluding hydrogens is 435 g/mol. The van der Waals surface area contributed by atoms with Crippen LogP contribution < -0.4 is 10.5 Å². The van der Waals surface area contributed by atoms with Crippen LogP contribution in [0.15, 0.2) is 42.6 Å². The lowest BCUT2D eigenvalue weighted by Crippen LogP contribution is -2.39. The van der Waals surface area contributed by atoms with E-state index >= 15 is 4.39 Å². The second-order valence-electron chi connectivity index (χ2n) is 9.28. The van der Waals surface area contributed by atoms with Gasteiger partial charge in [-0.1, -0.05) is 6.07 Å². The molecule has 0 aliphatic carbocycles.